The molecule has 0 aliphatic heterocycles. The number of methoxy groups -OCH3 is 1. The van der Waals surface area contributed by atoms with Gasteiger partial charge in [-0.1, -0.05) is 18.2 Å². The first-order valence-corrected chi connectivity index (χ1v) is 8.02. The van der Waals surface area contributed by atoms with Crippen LogP contribution in [0, 0.1) is 0 Å². The molecular formula is C19H19N3O3. The number of aromatic nitrogens is 2. The molecule has 0 spiro atoms. The van der Waals surface area contributed by atoms with Gasteiger partial charge in [0.1, 0.15) is 5.65 Å². The van der Waals surface area contributed by atoms with Gasteiger partial charge in [0.2, 0.25) is 5.91 Å². The van der Waals surface area contributed by atoms with E-state index in [4.69, 9.17) is 0 Å². The highest BCUT2D eigenvalue weighted by Crippen LogP contribution is 2.07. The Morgan fingerprint density at radius 3 is 2.68 bits per heavy atom. The Balaban J connectivity index is 1.48. The summed E-state index contributed by atoms with van der Waals surface area (Å²) in [6.07, 6.45) is 4.71. The van der Waals surface area contributed by atoms with Gasteiger partial charge in [0.05, 0.1) is 24.8 Å². The summed E-state index contributed by atoms with van der Waals surface area (Å²) in [5.74, 6) is -0.415. The lowest BCUT2D eigenvalue weighted by Crippen LogP contribution is -2.27. The second-order valence-corrected chi connectivity index (χ2v) is 5.66. The third kappa shape index (κ3) is 4.23. The minimum Gasteiger partial charge on any atom is -0.465 e. The van der Waals surface area contributed by atoms with E-state index < -0.39 is 0 Å². The average Bonchev–Trinajstić information content (AvgIpc) is 3.03. The van der Waals surface area contributed by atoms with Crippen LogP contribution in [0.3, 0.4) is 0 Å². The number of esters is 1. The maximum absolute atomic E-state index is 12.0. The van der Waals surface area contributed by atoms with Gasteiger partial charge in [0.15, 0.2) is 0 Å². The van der Waals surface area contributed by atoms with Crippen LogP contribution < -0.4 is 5.32 Å². The van der Waals surface area contributed by atoms with Crippen molar-refractivity contribution >= 4 is 17.5 Å². The van der Waals surface area contributed by atoms with Crippen molar-refractivity contribution in [3.05, 3.63) is 71.7 Å². The molecule has 0 bridgehead atoms. The van der Waals surface area contributed by atoms with E-state index in [-0.39, 0.29) is 18.3 Å². The van der Waals surface area contributed by atoms with Crippen LogP contribution in [0.25, 0.3) is 5.65 Å². The molecule has 0 aliphatic carbocycles. The number of ether oxygens (including phenoxy) is 1. The summed E-state index contributed by atoms with van der Waals surface area (Å²) in [4.78, 5) is 27.8. The van der Waals surface area contributed by atoms with Crippen LogP contribution >= 0.6 is 0 Å². The summed E-state index contributed by atoms with van der Waals surface area (Å²) < 4.78 is 6.56. The maximum Gasteiger partial charge on any atom is 0.337 e. The molecule has 3 rings (SSSR count). The summed E-state index contributed by atoms with van der Waals surface area (Å²) in [6.45, 7) is 0.532. The average molecular weight is 337 g/mol. The third-order valence-corrected chi connectivity index (χ3v) is 3.87. The minimum absolute atomic E-state index is 0.0606. The van der Waals surface area contributed by atoms with Gasteiger partial charge in [-0.05, 0) is 36.2 Å². The second kappa shape index (κ2) is 7.61. The van der Waals surface area contributed by atoms with E-state index in [0.717, 1.165) is 16.9 Å². The van der Waals surface area contributed by atoms with Gasteiger partial charge in [-0.2, -0.15) is 0 Å². The molecule has 6 heteroatoms. The monoisotopic (exact) mass is 337 g/mol. The predicted molar refractivity (Wildman–Crippen MR) is 93.4 cm³/mol. The fraction of sp³-hybridized carbons (Fsp3) is 0.211. The molecule has 0 saturated heterocycles. The molecule has 0 saturated carbocycles. The second-order valence-electron chi connectivity index (χ2n) is 5.66. The molecule has 128 valence electrons. The van der Waals surface area contributed by atoms with Crippen LogP contribution in [-0.2, 0) is 22.4 Å². The molecule has 1 aromatic carbocycles. The Morgan fingerprint density at radius 2 is 1.96 bits per heavy atom. The Labute approximate surface area is 145 Å². The van der Waals surface area contributed by atoms with Gasteiger partial charge in [-0.15, -0.1) is 0 Å². The van der Waals surface area contributed by atoms with Crippen molar-refractivity contribution in [2.75, 3.05) is 13.7 Å². The number of hydrogen-bond acceptors (Lipinski definition) is 4. The lowest BCUT2D eigenvalue weighted by atomic mass is 10.1. The van der Waals surface area contributed by atoms with Crippen molar-refractivity contribution < 1.29 is 14.3 Å². The van der Waals surface area contributed by atoms with Crippen molar-refractivity contribution in [1.82, 2.24) is 14.7 Å². The largest absolute Gasteiger partial charge is 0.465 e. The van der Waals surface area contributed by atoms with Crippen LogP contribution in [0.1, 0.15) is 21.6 Å². The molecule has 0 radical (unpaired) electrons. The molecule has 0 unspecified atom stereocenters. The van der Waals surface area contributed by atoms with Crippen LogP contribution in [0.4, 0.5) is 0 Å². The molecule has 2 heterocycles. The number of rotatable bonds is 6. The molecule has 1 N–H and O–H groups in total. The van der Waals surface area contributed by atoms with Gasteiger partial charge in [-0.3, -0.25) is 4.79 Å². The minimum atomic E-state index is -0.354. The number of imidazole rings is 1. The fourth-order valence-corrected chi connectivity index (χ4v) is 2.57. The van der Waals surface area contributed by atoms with Crippen molar-refractivity contribution in [2.24, 2.45) is 0 Å². The van der Waals surface area contributed by atoms with E-state index in [9.17, 15) is 9.59 Å². The van der Waals surface area contributed by atoms with Gasteiger partial charge in [0.25, 0.3) is 0 Å². The van der Waals surface area contributed by atoms with E-state index >= 15 is 0 Å². The number of carbonyl (C=O) groups excluding carboxylic acids is 2. The van der Waals surface area contributed by atoms with Gasteiger partial charge < -0.3 is 14.5 Å². The fourth-order valence-electron chi connectivity index (χ4n) is 2.57. The van der Waals surface area contributed by atoms with E-state index in [1.54, 1.807) is 12.1 Å². The molecule has 3 aromatic rings. The number of hydrogen-bond donors (Lipinski definition) is 1. The Morgan fingerprint density at radius 1 is 1.16 bits per heavy atom. The zero-order chi connectivity index (χ0) is 17.6. The zero-order valence-electron chi connectivity index (χ0n) is 13.9. The van der Waals surface area contributed by atoms with Crippen LogP contribution in [0.15, 0.2) is 54.9 Å². The summed E-state index contributed by atoms with van der Waals surface area (Å²) in [7, 11) is 1.36. The number of carbonyl (C=O) groups is 2. The highest BCUT2D eigenvalue weighted by atomic mass is 16.5. The number of pyridine rings is 1. The molecule has 0 atom stereocenters. The predicted octanol–water partition coefficient (Wildman–Crippen LogP) is 2.02. The number of fused-ring (bicyclic) bond motifs is 1. The van der Waals surface area contributed by atoms with Crippen LogP contribution in [0.2, 0.25) is 0 Å². The summed E-state index contributed by atoms with van der Waals surface area (Å²) in [5.41, 5.74) is 3.13. The zero-order valence-corrected chi connectivity index (χ0v) is 13.9. The molecular weight excluding hydrogens is 318 g/mol. The summed E-state index contributed by atoms with van der Waals surface area (Å²) in [5, 5.41) is 2.89. The van der Waals surface area contributed by atoms with Gasteiger partial charge in [-0.25, -0.2) is 9.78 Å². The standard InChI is InChI=1S/C19H19N3O3/c1-25-19(24)15-7-5-14(6-8-15)9-10-20-18(23)12-16-13-22-11-3-2-4-17(22)21-16/h2-8,11,13H,9-10,12H2,1H3,(H,20,23). The lowest BCUT2D eigenvalue weighted by molar-refractivity contribution is -0.120. The number of nitrogens with one attached hydrogen (secondary N) is 1. The quantitative estimate of drug-likeness (QED) is 0.699. The van der Waals surface area contributed by atoms with Crippen molar-refractivity contribution in [3.63, 3.8) is 0 Å². The molecule has 0 fully saturated rings. The third-order valence-electron chi connectivity index (χ3n) is 3.87. The van der Waals surface area contributed by atoms with Crippen molar-refractivity contribution in [3.8, 4) is 0 Å². The topological polar surface area (TPSA) is 72.7 Å². The van der Waals surface area contributed by atoms with Crippen molar-refractivity contribution in [2.45, 2.75) is 12.8 Å². The normalized spacial score (nSPS) is 10.6. The Bertz CT molecular complexity index is 851. The SMILES string of the molecule is COC(=O)c1ccc(CCNC(=O)Cc2cn3ccccc3n2)cc1. The first-order chi connectivity index (χ1) is 12.2. The van der Waals surface area contributed by atoms with E-state index in [1.807, 2.05) is 47.1 Å². The van der Waals surface area contributed by atoms with Gasteiger partial charge >= 0.3 is 5.97 Å². The molecule has 2 aromatic heterocycles. The van der Waals surface area contributed by atoms with Gasteiger partial charge in [0, 0.05) is 18.9 Å². The molecule has 6 nitrogen and oxygen atoms in total. The smallest absolute Gasteiger partial charge is 0.337 e. The molecule has 25 heavy (non-hydrogen) atoms. The summed E-state index contributed by atoms with van der Waals surface area (Å²) in [6, 6.07) is 12.9. The van der Waals surface area contributed by atoms with E-state index in [0.29, 0.717) is 18.5 Å². The van der Waals surface area contributed by atoms with E-state index in [2.05, 4.69) is 15.0 Å². The van der Waals surface area contributed by atoms with E-state index in [1.165, 1.54) is 7.11 Å². The summed E-state index contributed by atoms with van der Waals surface area (Å²) >= 11 is 0. The number of benzene rings is 1. The lowest BCUT2D eigenvalue weighted by Gasteiger charge is -2.05. The first-order valence-electron chi connectivity index (χ1n) is 8.02. The van der Waals surface area contributed by atoms with Crippen LogP contribution in [0.5, 0.6) is 0 Å². The van der Waals surface area contributed by atoms with Crippen LogP contribution in [-0.4, -0.2) is 34.9 Å². The Kier molecular flexibility index (Phi) is 5.09. The highest BCUT2D eigenvalue weighted by Gasteiger charge is 2.08. The Hall–Kier alpha value is -3.15. The number of nitrogens with zero attached hydrogens (tertiary/aromatic N) is 2. The number of amides is 1. The van der Waals surface area contributed by atoms with Crippen molar-refractivity contribution in [1.29, 1.82) is 0 Å². The highest BCUT2D eigenvalue weighted by molar-refractivity contribution is 5.89. The molecule has 0 aliphatic rings. The maximum atomic E-state index is 12.0. The first kappa shape index (κ1) is 16.7. The molecule has 1 amide bonds.